The Morgan fingerprint density at radius 2 is 2.00 bits per heavy atom. The normalized spacial score (nSPS) is 11.3. The summed E-state index contributed by atoms with van der Waals surface area (Å²) in [4.78, 5) is 17.5. The Bertz CT molecular complexity index is 888. The van der Waals surface area contributed by atoms with E-state index in [9.17, 15) is 0 Å². The van der Waals surface area contributed by atoms with Crippen molar-refractivity contribution in [2.24, 2.45) is 5.10 Å². The quantitative estimate of drug-likeness (QED) is 0.349. The standard InChI is InChI=1S/C17H19Cl2N7/c1-12-8-14(26(6-4-18)7-5-19)3-2-13(12)9-24-25-17-15-16(21-10-20-15)22-11-23-17/h2-3,8-11H,4-7H2,1H3,(H2,20,21,22,23,25)/b24-9+. The fraction of sp³-hybridized carbons (Fsp3) is 0.294. The first-order valence-electron chi connectivity index (χ1n) is 8.13. The van der Waals surface area contributed by atoms with Gasteiger partial charge in [-0.05, 0) is 30.2 Å². The van der Waals surface area contributed by atoms with Crippen LogP contribution in [-0.4, -0.2) is 51.0 Å². The van der Waals surface area contributed by atoms with E-state index in [4.69, 9.17) is 23.2 Å². The number of nitrogens with one attached hydrogen (secondary N) is 2. The third-order valence-electron chi connectivity index (χ3n) is 3.92. The van der Waals surface area contributed by atoms with E-state index in [1.165, 1.54) is 6.33 Å². The molecular weight excluding hydrogens is 373 g/mol. The molecule has 0 unspecified atom stereocenters. The number of alkyl halides is 2. The summed E-state index contributed by atoms with van der Waals surface area (Å²) < 4.78 is 0. The van der Waals surface area contributed by atoms with Crippen molar-refractivity contribution >= 4 is 52.1 Å². The topological polar surface area (TPSA) is 82.1 Å². The average molecular weight is 392 g/mol. The number of H-pyrrole nitrogens is 1. The Morgan fingerprint density at radius 1 is 1.19 bits per heavy atom. The number of hydrazone groups is 1. The van der Waals surface area contributed by atoms with Crippen LogP contribution in [0.5, 0.6) is 0 Å². The third kappa shape index (κ3) is 4.23. The van der Waals surface area contributed by atoms with E-state index in [0.717, 1.165) is 35.4 Å². The average Bonchev–Trinajstić information content (AvgIpc) is 3.12. The van der Waals surface area contributed by atoms with Crippen LogP contribution in [0.3, 0.4) is 0 Å². The number of rotatable bonds is 8. The van der Waals surface area contributed by atoms with Crippen LogP contribution >= 0.6 is 23.2 Å². The molecule has 0 bridgehead atoms. The summed E-state index contributed by atoms with van der Waals surface area (Å²) in [7, 11) is 0. The zero-order valence-corrected chi connectivity index (χ0v) is 15.8. The summed E-state index contributed by atoms with van der Waals surface area (Å²) in [5, 5.41) is 4.28. The number of halogens is 2. The van der Waals surface area contributed by atoms with Crippen molar-refractivity contribution in [3.63, 3.8) is 0 Å². The molecule has 2 N–H and O–H groups in total. The van der Waals surface area contributed by atoms with E-state index >= 15 is 0 Å². The molecule has 0 radical (unpaired) electrons. The zero-order chi connectivity index (χ0) is 18.4. The minimum Gasteiger partial charge on any atom is -0.369 e. The molecule has 0 fully saturated rings. The number of nitrogens with zero attached hydrogens (tertiary/aromatic N) is 5. The second-order valence-electron chi connectivity index (χ2n) is 5.60. The molecule has 2 heterocycles. The first-order valence-corrected chi connectivity index (χ1v) is 9.20. The van der Waals surface area contributed by atoms with Gasteiger partial charge in [0.15, 0.2) is 11.5 Å². The molecule has 0 saturated heterocycles. The third-order valence-corrected chi connectivity index (χ3v) is 4.26. The lowest BCUT2D eigenvalue weighted by Gasteiger charge is -2.23. The number of aryl methyl sites for hydroxylation is 1. The van der Waals surface area contributed by atoms with Gasteiger partial charge in [0.05, 0.1) is 12.5 Å². The molecule has 9 heteroatoms. The Balaban J connectivity index is 1.73. The van der Waals surface area contributed by atoms with E-state index in [1.54, 1.807) is 12.5 Å². The van der Waals surface area contributed by atoms with Crippen molar-refractivity contribution in [1.82, 2.24) is 19.9 Å². The maximum Gasteiger partial charge on any atom is 0.182 e. The molecule has 0 atom stereocenters. The number of hydrogen-bond donors (Lipinski definition) is 2. The van der Waals surface area contributed by atoms with Gasteiger partial charge in [-0.15, -0.1) is 23.2 Å². The van der Waals surface area contributed by atoms with Gasteiger partial charge in [0, 0.05) is 30.5 Å². The largest absolute Gasteiger partial charge is 0.369 e. The summed E-state index contributed by atoms with van der Waals surface area (Å²) in [6.45, 7) is 3.56. The van der Waals surface area contributed by atoms with Gasteiger partial charge in [-0.25, -0.2) is 15.0 Å². The lowest BCUT2D eigenvalue weighted by molar-refractivity contribution is 0.873. The highest BCUT2D eigenvalue weighted by Crippen LogP contribution is 2.19. The Labute approximate surface area is 161 Å². The monoisotopic (exact) mass is 391 g/mol. The maximum absolute atomic E-state index is 5.88. The van der Waals surface area contributed by atoms with Gasteiger partial charge in [-0.1, -0.05) is 6.07 Å². The molecule has 0 aliphatic rings. The van der Waals surface area contributed by atoms with Crippen molar-refractivity contribution in [1.29, 1.82) is 0 Å². The summed E-state index contributed by atoms with van der Waals surface area (Å²) in [6.07, 6.45) is 4.78. The van der Waals surface area contributed by atoms with E-state index < -0.39 is 0 Å². The van der Waals surface area contributed by atoms with Crippen LogP contribution in [-0.2, 0) is 0 Å². The minimum atomic E-state index is 0.560. The summed E-state index contributed by atoms with van der Waals surface area (Å²) in [5.41, 5.74) is 7.46. The van der Waals surface area contributed by atoms with Crippen molar-refractivity contribution in [3.05, 3.63) is 42.0 Å². The number of anilines is 2. The number of aromatic nitrogens is 4. The Hall–Kier alpha value is -2.38. The molecule has 0 aliphatic heterocycles. The first-order chi connectivity index (χ1) is 12.7. The maximum atomic E-state index is 5.88. The highest BCUT2D eigenvalue weighted by molar-refractivity contribution is 6.18. The molecule has 2 aromatic heterocycles. The molecule has 3 rings (SSSR count). The lowest BCUT2D eigenvalue weighted by atomic mass is 10.1. The van der Waals surface area contributed by atoms with Gasteiger partial charge in [-0.3, -0.25) is 5.43 Å². The smallest absolute Gasteiger partial charge is 0.182 e. The molecule has 0 saturated carbocycles. The van der Waals surface area contributed by atoms with Crippen molar-refractivity contribution in [3.8, 4) is 0 Å². The summed E-state index contributed by atoms with van der Waals surface area (Å²) >= 11 is 11.8. The first kappa shape index (κ1) is 18.4. The molecule has 136 valence electrons. The number of aromatic amines is 1. The van der Waals surface area contributed by atoms with Gasteiger partial charge in [0.25, 0.3) is 0 Å². The second kappa shape index (κ2) is 8.82. The molecule has 26 heavy (non-hydrogen) atoms. The van der Waals surface area contributed by atoms with E-state index in [1.807, 2.05) is 19.1 Å². The van der Waals surface area contributed by atoms with Crippen molar-refractivity contribution < 1.29 is 0 Å². The van der Waals surface area contributed by atoms with Gasteiger partial charge in [0.1, 0.15) is 11.8 Å². The highest BCUT2D eigenvalue weighted by atomic mass is 35.5. The van der Waals surface area contributed by atoms with Crippen LogP contribution < -0.4 is 10.3 Å². The lowest BCUT2D eigenvalue weighted by Crippen LogP contribution is -2.27. The molecule has 0 spiro atoms. The SMILES string of the molecule is Cc1cc(N(CCCl)CCCl)ccc1/C=N/Nc1ncnc2nc[nH]c12. The number of imidazole rings is 1. The van der Waals surface area contributed by atoms with E-state index in [-0.39, 0.29) is 0 Å². The van der Waals surface area contributed by atoms with Crippen LogP contribution in [0.1, 0.15) is 11.1 Å². The van der Waals surface area contributed by atoms with Gasteiger partial charge in [0.2, 0.25) is 0 Å². The van der Waals surface area contributed by atoms with E-state index in [2.05, 4.69) is 41.4 Å². The van der Waals surface area contributed by atoms with Gasteiger partial charge in [-0.2, -0.15) is 5.10 Å². The number of hydrogen-bond acceptors (Lipinski definition) is 6. The van der Waals surface area contributed by atoms with Gasteiger partial charge >= 0.3 is 0 Å². The second-order valence-corrected chi connectivity index (χ2v) is 6.36. The fourth-order valence-corrected chi connectivity index (χ4v) is 3.00. The molecule has 3 aromatic rings. The van der Waals surface area contributed by atoms with Crippen LogP contribution in [0.25, 0.3) is 11.2 Å². The molecule has 0 amide bonds. The number of benzene rings is 1. The summed E-state index contributed by atoms with van der Waals surface area (Å²) in [6, 6.07) is 6.18. The Morgan fingerprint density at radius 3 is 2.73 bits per heavy atom. The zero-order valence-electron chi connectivity index (χ0n) is 14.3. The molecule has 7 nitrogen and oxygen atoms in total. The Kier molecular flexibility index (Phi) is 6.25. The van der Waals surface area contributed by atoms with Crippen LogP contribution in [0, 0.1) is 6.92 Å². The minimum absolute atomic E-state index is 0.560. The van der Waals surface area contributed by atoms with E-state index in [0.29, 0.717) is 23.2 Å². The van der Waals surface area contributed by atoms with Crippen LogP contribution in [0.4, 0.5) is 11.5 Å². The van der Waals surface area contributed by atoms with Crippen molar-refractivity contribution in [2.45, 2.75) is 6.92 Å². The highest BCUT2D eigenvalue weighted by Gasteiger charge is 2.07. The molecular formula is C17H19Cl2N7. The van der Waals surface area contributed by atoms with Crippen LogP contribution in [0.15, 0.2) is 36.0 Å². The van der Waals surface area contributed by atoms with Crippen LogP contribution in [0.2, 0.25) is 0 Å². The van der Waals surface area contributed by atoms with Crippen molar-refractivity contribution in [2.75, 3.05) is 35.2 Å². The fourth-order valence-electron chi connectivity index (χ4n) is 2.59. The predicted molar refractivity (Wildman–Crippen MR) is 108 cm³/mol. The molecule has 0 aliphatic carbocycles. The predicted octanol–water partition coefficient (Wildman–Crippen LogP) is 3.39. The number of fused-ring (bicyclic) bond motifs is 1. The summed E-state index contributed by atoms with van der Waals surface area (Å²) in [5.74, 6) is 1.70. The molecule has 1 aromatic carbocycles. The van der Waals surface area contributed by atoms with Gasteiger partial charge < -0.3 is 9.88 Å².